The van der Waals surface area contributed by atoms with Crippen LogP contribution in [-0.4, -0.2) is 32.2 Å². The summed E-state index contributed by atoms with van der Waals surface area (Å²) in [4.78, 5) is 14.3. The molecule has 1 aromatic carbocycles. The molecule has 0 bridgehead atoms. The van der Waals surface area contributed by atoms with E-state index in [0.29, 0.717) is 6.61 Å². The van der Waals surface area contributed by atoms with E-state index in [1.165, 1.54) is 0 Å². The van der Waals surface area contributed by atoms with Crippen molar-refractivity contribution in [3.05, 3.63) is 35.9 Å². The van der Waals surface area contributed by atoms with Gasteiger partial charge in [-0.15, -0.1) is 0 Å². The minimum atomic E-state index is -0.386. The lowest BCUT2D eigenvalue weighted by molar-refractivity contribution is -0.896. The van der Waals surface area contributed by atoms with Gasteiger partial charge in [-0.1, -0.05) is 43.2 Å². The smallest absolute Gasteiger partial charge is 0.316 e. The second-order valence-electron chi connectivity index (χ2n) is 6.35. The third-order valence-corrected chi connectivity index (χ3v) is 5.08. The molecule has 0 spiro atoms. The lowest BCUT2D eigenvalue weighted by atomic mass is 9.79. The molecule has 0 radical (unpaired) electrons. The number of esters is 1. The molecule has 0 atom stereocenters. The van der Waals surface area contributed by atoms with Crippen molar-refractivity contribution >= 4 is 5.97 Å². The van der Waals surface area contributed by atoms with E-state index >= 15 is 0 Å². The van der Waals surface area contributed by atoms with Crippen LogP contribution in [0.3, 0.4) is 0 Å². The standard InChI is InChI=1S/C19H29NO2/c1-3-20(4-2)15-10-16-22-18(21)19(13-8-9-14-19)17-11-6-5-7-12-17/h5-7,11-12H,3-4,8-10,13-16H2,1-2H3/p+1. The van der Waals surface area contributed by atoms with Crippen molar-refractivity contribution < 1.29 is 14.4 Å². The van der Waals surface area contributed by atoms with Gasteiger partial charge in [-0.2, -0.15) is 0 Å². The Morgan fingerprint density at radius 3 is 2.36 bits per heavy atom. The van der Waals surface area contributed by atoms with Crippen LogP contribution < -0.4 is 4.90 Å². The summed E-state index contributed by atoms with van der Waals surface area (Å²) in [5.74, 6) is -0.00857. The fraction of sp³-hybridized carbons (Fsp3) is 0.632. The van der Waals surface area contributed by atoms with Crippen molar-refractivity contribution in [2.75, 3.05) is 26.2 Å². The summed E-state index contributed by atoms with van der Waals surface area (Å²) >= 11 is 0. The molecule has 1 aliphatic carbocycles. The third kappa shape index (κ3) is 3.89. The molecule has 1 aliphatic rings. The zero-order chi connectivity index (χ0) is 15.8. The van der Waals surface area contributed by atoms with Crippen LogP contribution in [-0.2, 0) is 14.9 Å². The maximum atomic E-state index is 12.7. The number of quaternary nitrogens is 1. The van der Waals surface area contributed by atoms with Gasteiger partial charge >= 0.3 is 5.97 Å². The van der Waals surface area contributed by atoms with Gasteiger partial charge in [-0.3, -0.25) is 4.79 Å². The largest absolute Gasteiger partial charge is 0.465 e. The quantitative estimate of drug-likeness (QED) is 0.590. The van der Waals surface area contributed by atoms with E-state index in [1.54, 1.807) is 4.90 Å². The van der Waals surface area contributed by atoms with Gasteiger partial charge in [-0.05, 0) is 32.3 Å². The molecular weight excluding hydrogens is 274 g/mol. The van der Waals surface area contributed by atoms with Gasteiger partial charge in [0.1, 0.15) is 0 Å². The number of hydrogen-bond donors (Lipinski definition) is 1. The topological polar surface area (TPSA) is 30.7 Å². The summed E-state index contributed by atoms with van der Waals surface area (Å²) in [5, 5.41) is 0. The molecule has 0 aromatic heterocycles. The lowest BCUT2D eigenvalue weighted by Gasteiger charge is -2.27. The summed E-state index contributed by atoms with van der Waals surface area (Å²) in [6.45, 7) is 8.31. The van der Waals surface area contributed by atoms with E-state index < -0.39 is 0 Å². The number of hydrogen-bond acceptors (Lipinski definition) is 2. The minimum absolute atomic E-state index is 0.00857. The first-order chi connectivity index (χ1) is 10.7. The molecule has 0 aliphatic heterocycles. The Bertz CT molecular complexity index is 448. The molecule has 1 N–H and O–H groups in total. The zero-order valence-corrected chi connectivity index (χ0v) is 14.1. The molecule has 3 heteroatoms. The highest BCUT2D eigenvalue weighted by Gasteiger charge is 2.43. The number of benzene rings is 1. The Hall–Kier alpha value is -1.35. The van der Waals surface area contributed by atoms with Crippen molar-refractivity contribution in [1.82, 2.24) is 0 Å². The first-order valence-corrected chi connectivity index (χ1v) is 8.79. The van der Waals surface area contributed by atoms with Crippen LogP contribution >= 0.6 is 0 Å². The van der Waals surface area contributed by atoms with Crippen LogP contribution in [0.1, 0.15) is 51.5 Å². The Morgan fingerprint density at radius 1 is 1.14 bits per heavy atom. The summed E-state index contributed by atoms with van der Waals surface area (Å²) in [7, 11) is 0. The number of nitrogens with one attached hydrogen (secondary N) is 1. The molecule has 2 rings (SSSR count). The summed E-state index contributed by atoms with van der Waals surface area (Å²) < 4.78 is 5.67. The van der Waals surface area contributed by atoms with Crippen molar-refractivity contribution in [1.29, 1.82) is 0 Å². The lowest BCUT2D eigenvalue weighted by Crippen LogP contribution is -3.11. The van der Waals surface area contributed by atoms with Gasteiger partial charge in [0.05, 0.1) is 31.7 Å². The Balaban J connectivity index is 1.91. The van der Waals surface area contributed by atoms with E-state index in [0.717, 1.165) is 57.3 Å². The highest BCUT2D eigenvalue weighted by molar-refractivity contribution is 5.83. The van der Waals surface area contributed by atoms with Gasteiger partial charge < -0.3 is 9.64 Å². The van der Waals surface area contributed by atoms with Crippen LogP contribution in [0.5, 0.6) is 0 Å². The molecule has 1 aromatic rings. The minimum Gasteiger partial charge on any atom is -0.465 e. The monoisotopic (exact) mass is 304 g/mol. The average molecular weight is 304 g/mol. The Labute approximate surface area is 134 Å². The predicted molar refractivity (Wildman–Crippen MR) is 89.1 cm³/mol. The van der Waals surface area contributed by atoms with Gasteiger partial charge in [0.2, 0.25) is 0 Å². The maximum Gasteiger partial charge on any atom is 0.316 e. The molecule has 1 fully saturated rings. The van der Waals surface area contributed by atoms with E-state index in [9.17, 15) is 4.79 Å². The summed E-state index contributed by atoms with van der Waals surface area (Å²) in [6.07, 6.45) is 5.04. The predicted octanol–water partition coefficient (Wildman–Crippen LogP) is 2.36. The first kappa shape index (κ1) is 17.0. The third-order valence-electron chi connectivity index (χ3n) is 5.08. The molecular formula is C19H30NO2+. The van der Waals surface area contributed by atoms with Crippen LogP contribution in [0.25, 0.3) is 0 Å². The second kappa shape index (κ2) is 8.33. The number of ether oxygens (including phenoxy) is 1. The second-order valence-corrected chi connectivity index (χ2v) is 6.35. The Kier molecular flexibility index (Phi) is 6.44. The van der Waals surface area contributed by atoms with Crippen LogP contribution in [0.2, 0.25) is 0 Å². The highest BCUT2D eigenvalue weighted by Crippen LogP contribution is 2.42. The van der Waals surface area contributed by atoms with Crippen LogP contribution in [0.4, 0.5) is 0 Å². The molecule has 0 heterocycles. The summed E-state index contributed by atoms with van der Waals surface area (Å²) in [5.41, 5.74) is 0.746. The molecule has 3 nitrogen and oxygen atoms in total. The van der Waals surface area contributed by atoms with Gasteiger partial charge in [0.15, 0.2) is 0 Å². The summed E-state index contributed by atoms with van der Waals surface area (Å²) in [6, 6.07) is 10.2. The molecule has 0 amide bonds. The van der Waals surface area contributed by atoms with Gasteiger partial charge in [0.25, 0.3) is 0 Å². The van der Waals surface area contributed by atoms with Crippen LogP contribution in [0, 0.1) is 0 Å². The van der Waals surface area contributed by atoms with E-state index in [4.69, 9.17) is 4.74 Å². The van der Waals surface area contributed by atoms with Crippen molar-refractivity contribution in [3.8, 4) is 0 Å². The molecule has 0 saturated heterocycles. The van der Waals surface area contributed by atoms with Crippen molar-refractivity contribution in [2.45, 2.75) is 51.4 Å². The first-order valence-electron chi connectivity index (χ1n) is 8.79. The van der Waals surface area contributed by atoms with Gasteiger partial charge in [-0.25, -0.2) is 0 Å². The van der Waals surface area contributed by atoms with Crippen molar-refractivity contribution in [2.24, 2.45) is 0 Å². The Morgan fingerprint density at radius 2 is 1.77 bits per heavy atom. The molecule has 0 unspecified atom stereocenters. The molecule has 122 valence electrons. The molecule has 1 saturated carbocycles. The fourth-order valence-corrected chi connectivity index (χ4v) is 3.58. The average Bonchev–Trinajstić information content (AvgIpc) is 3.07. The normalized spacial score (nSPS) is 16.9. The molecule has 22 heavy (non-hydrogen) atoms. The SMILES string of the molecule is CC[NH+](CC)CCCOC(=O)C1(c2ccccc2)CCCC1. The number of rotatable bonds is 8. The fourth-order valence-electron chi connectivity index (χ4n) is 3.58. The zero-order valence-electron chi connectivity index (χ0n) is 14.1. The van der Waals surface area contributed by atoms with E-state index in [2.05, 4.69) is 26.0 Å². The van der Waals surface area contributed by atoms with Gasteiger partial charge in [0, 0.05) is 6.42 Å². The van der Waals surface area contributed by atoms with Crippen molar-refractivity contribution in [3.63, 3.8) is 0 Å². The number of carbonyl (C=O) groups excluding carboxylic acids is 1. The van der Waals surface area contributed by atoms with Crippen LogP contribution in [0.15, 0.2) is 30.3 Å². The number of carbonyl (C=O) groups is 1. The van der Waals surface area contributed by atoms with E-state index in [1.807, 2.05) is 18.2 Å². The highest BCUT2D eigenvalue weighted by atomic mass is 16.5. The van der Waals surface area contributed by atoms with E-state index in [-0.39, 0.29) is 11.4 Å². The maximum absolute atomic E-state index is 12.7.